The van der Waals surface area contributed by atoms with Crippen LogP contribution in [0.5, 0.6) is 0 Å². The van der Waals surface area contributed by atoms with E-state index < -0.39 is 0 Å². The van der Waals surface area contributed by atoms with E-state index in [9.17, 15) is 0 Å². The summed E-state index contributed by atoms with van der Waals surface area (Å²) in [4.78, 5) is 0. The van der Waals surface area contributed by atoms with Crippen LogP contribution < -0.4 is 0 Å². The van der Waals surface area contributed by atoms with Crippen LogP contribution in [0.4, 0.5) is 0 Å². The molecule has 0 aromatic rings. The first-order valence-electron chi connectivity index (χ1n) is 5.93. The topological polar surface area (TPSA) is 0 Å². The van der Waals surface area contributed by atoms with Crippen LogP contribution in [-0.4, -0.2) is 0 Å². The van der Waals surface area contributed by atoms with Crippen LogP contribution in [0.1, 0.15) is 38.5 Å². The Bertz CT molecular complexity index is 219. The van der Waals surface area contributed by atoms with Gasteiger partial charge in [0.1, 0.15) is 0 Å². The van der Waals surface area contributed by atoms with Crippen molar-refractivity contribution in [2.24, 2.45) is 11.8 Å². The molecule has 2 aliphatic carbocycles. The third-order valence-electron chi connectivity index (χ3n) is 3.27. The monoisotopic (exact) mass is 188 g/mol. The molecular weight excluding hydrogens is 168 g/mol. The molecule has 0 spiro atoms. The first-order chi connectivity index (χ1) is 6.95. The maximum atomic E-state index is 2.47. The SMILES string of the molecule is C1=CC[C@@H](/C=C\[C@H]2CC=CCC2)CC1. The summed E-state index contributed by atoms with van der Waals surface area (Å²) in [5, 5.41) is 0. The molecule has 0 aromatic heterocycles. The first kappa shape index (κ1) is 9.76. The van der Waals surface area contributed by atoms with Crippen molar-refractivity contribution in [2.75, 3.05) is 0 Å². The number of allylic oxidation sites excluding steroid dienone is 6. The van der Waals surface area contributed by atoms with Gasteiger partial charge in [0, 0.05) is 0 Å². The van der Waals surface area contributed by atoms with Crippen LogP contribution in [-0.2, 0) is 0 Å². The van der Waals surface area contributed by atoms with E-state index in [1.165, 1.54) is 38.5 Å². The Morgan fingerprint density at radius 2 is 1.21 bits per heavy atom. The molecule has 0 heterocycles. The molecule has 76 valence electrons. The maximum Gasteiger partial charge on any atom is -0.0196 e. The molecule has 0 bridgehead atoms. The highest BCUT2D eigenvalue weighted by Crippen LogP contribution is 2.23. The minimum absolute atomic E-state index is 0.825. The van der Waals surface area contributed by atoms with Gasteiger partial charge in [0.2, 0.25) is 0 Å². The molecule has 0 aliphatic heterocycles. The Hall–Kier alpha value is -0.780. The van der Waals surface area contributed by atoms with Gasteiger partial charge in [0.05, 0.1) is 0 Å². The van der Waals surface area contributed by atoms with Crippen molar-refractivity contribution in [3.8, 4) is 0 Å². The average molecular weight is 188 g/mol. The third kappa shape index (κ3) is 2.87. The molecule has 0 aromatic carbocycles. The lowest BCUT2D eigenvalue weighted by Gasteiger charge is -2.16. The predicted molar refractivity (Wildman–Crippen MR) is 62.1 cm³/mol. The molecule has 0 N–H and O–H groups in total. The zero-order valence-electron chi connectivity index (χ0n) is 8.86. The quantitative estimate of drug-likeness (QED) is 0.568. The van der Waals surface area contributed by atoms with E-state index >= 15 is 0 Å². The minimum Gasteiger partial charge on any atom is -0.0885 e. The second-order valence-corrected chi connectivity index (χ2v) is 4.47. The Kier molecular flexibility index (Phi) is 3.62. The smallest absolute Gasteiger partial charge is 0.0196 e. The van der Waals surface area contributed by atoms with Crippen molar-refractivity contribution in [3.05, 3.63) is 36.5 Å². The standard InChI is InChI=1S/C14H20/c1-3-7-13(8-4-1)11-12-14-9-5-2-6-10-14/h1-3,5,11-14H,4,6-10H2/b12-11-/t13-,14+. The maximum absolute atomic E-state index is 2.47. The minimum atomic E-state index is 0.825. The van der Waals surface area contributed by atoms with E-state index in [0.29, 0.717) is 0 Å². The van der Waals surface area contributed by atoms with Crippen LogP contribution in [0.25, 0.3) is 0 Å². The summed E-state index contributed by atoms with van der Waals surface area (Å²) in [5.41, 5.74) is 0. The van der Waals surface area contributed by atoms with E-state index in [4.69, 9.17) is 0 Å². The fourth-order valence-corrected chi connectivity index (χ4v) is 2.30. The largest absolute Gasteiger partial charge is 0.0885 e. The van der Waals surface area contributed by atoms with Gasteiger partial charge in [-0.3, -0.25) is 0 Å². The van der Waals surface area contributed by atoms with E-state index in [0.717, 1.165) is 11.8 Å². The predicted octanol–water partition coefficient (Wildman–Crippen LogP) is 4.26. The van der Waals surface area contributed by atoms with E-state index in [2.05, 4.69) is 36.5 Å². The second kappa shape index (κ2) is 5.19. The summed E-state index contributed by atoms with van der Waals surface area (Å²) in [7, 11) is 0. The van der Waals surface area contributed by atoms with Crippen molar-refractivity contribution in [1.82, 2.24) is 0 Å². The van der Waals surface area contributed by atoms with Gasteiger partial charge in [0.25, 0.3) is 0 Å². The average Bonchev–Trinajstić information content (AvgIpc) is 2.29. The highest BCUT2D eigenvalue weighted by atomic mass is 14.1. The molecule has 2 rings (SSSR count). The van der Waals surface area contributed by atoms with Crippen LogP contribution in [0.2, 0.25) is 0 Å². The normalized spacial score (nSPS) is 32.6. The summed E-state index contributed by atoms with van der Waals surface area (Å²) in [6.45, 7) is 0. The van der Waals surface area contributed by atoms with Gasteiger partial charge < -0.3 is 0 Å². The highest BCUT2D eigenvalue weighted by molar-refractivity contribution is 5.03. The van der Waals surface area contributed by atoms with Gasteiger partial charge in [-0.15, -0.1) is 0 Å². The van der Waals surface area contributed by atoms with Gasteiger partial charge in [-0.1, -0.05) is 36.5 Å². The highest BCUT2D eigenvalue weighted by Gasteiger charge is 2.08. The summed E-state index contributed by atoms with van der Waals surface area (Å²) in [6, 6.07) is 0. The molecule has 2 aliphatic rings. The van der Waals surface area contributed by atoms with Gasteiger partial charge in [-0.2, -0.15) is 0 Å². The van der Waals surface area contributed by atoms with Crippen molar-refractivity contribution in [2.45, 2.75) is 38.5 Å². The summed E-state index contributed by atoms with van der Waals surface area (Å²) in [6.07, 6.45) is 22.0. The molecule has 0 amide bonds. The Balaban J connectivity index is 1.80. The van der Waals surface area contributed by atoms with Crippen LogP contribution in [0.3, 0.4) is 0 Å². The lowest BCUT2D eigenvalue weighted by molar-refractivity contribution is 0.553. The molecule has 0 fully saturated rings. The van der Waals surface area contributed by atoms with E-state index in [-0.39, 0.29) is 0 Å². The zero-order chi connectivity index (χ0) is 9.64. The van der Waals surface area contributed by atoms with Gasteiger partial charge in [0.15, 0.2) is 0 Å². The van der Waals surface area contributed by atoms with Crippen LogP contribution >= 0.6 is 0 Å². The third-order valence-corrected chi connectivity index (χ3v) is 3.27. The van der Waals surface area contributed by atoms with Crippen LogP contribution in [0, 0.1) is 11.8 Å². The van der Waals surface area contributed by atoms with Crippen molar-refractivity contribution >= 4 is 0 Å². The van der Waals surface area contributed by atoms with Gasteiger partial charge in [-0.25, -0.2) is 0 Å². The van der Waals surface area contributed by atoms with Crippen LogP contribution in [0.15, 0.2) is 36.5 Å². The Labute approximate surface area is 87.4 Å². The molecule has 0 nitrogen and oxygen atoms in total. The van der Waals surface area contributed by atoms with Crippen molar-refractivity contribution < 1.29 is 0 Å². The summed E-state index contributed by atoms with van der Waals surface area (Å²) >= 11 is 0. The van der Waals surface area contributed by atoms with Gasteiger partial charge in [-0.05, 0) is 50.4 Å². The number of rotatable bonds is 2. The molecule has 2 atom stereocenters. The Morgan fingerprint density at radius 1 is 0.714 bits per heavy atom. The lowest BCUT2D eigenvalue weighted by atomic mass is 9.89. The number of hydrogen-bond acceptors (Lipinski definition) is 0. The van der Waals surface area contributed by atoms with E-state index in [1.54, 1.807) is 0 Å². The number of hydrogen-bond donors (Lipinski definition) is 0. The molecule has 0 saturated heterocycles. The zero-order valence-corrected chi connectivity index (χ0v) is 8.86. The molecule has 0 unspecified atom stereocenters. The molecular formula is C14H20. The summed E-state index contributed by atoms with van der Waals surface area (Å²) in [5.74, 6) is 1.65. The fourth-order valence-electron chi connectivity index (χ4n) is 2.30. The first-order valence-corrected chi connectivity index (χ1v) is 5.93. The van der Waals surface area contributed by atoms with Crippen molar-refractivity contribution in [3.63, 3.8) is 0 Å². The van der Waals surface area contributed by atoms with Crippen molar-refractivity contribution in [1.29, 1.82) is 0 Å². The second-order valence-electron chi connectivity index (χ2n) is 4.47. The fraction of sp³-hybridized carbons (Fsp3) is 0.571. The summed E-state index contributed by atoms with van der Waals surface area (Å²) < 4.78 is 0. The molecule has 0 heteroatoms. The lowest BCUT2D eigenvalue weighted by Crippen LogP contribution is -2.02. The van der Waals surface area contributed by atoms with Gasteiger partial charge >= 0.3 is 0 Å². The molecule has 0 radical (unpaired) electrons. The molecule has 14 heavy (non-hydrogen) atoms. The van der Waals surface area contributed by atoms with E-state index in [1.807, 2.05) is 0 Å². The Morgan fingerprint density at radius 3 is 1.57 bits per heavy atom. The molecule has 0 saturated carbocycles.